The van der Waals surface area contributed by atoms with Crippen molar-refractivity contribution >= 4 is 0 Å². The molecule has 0 amide bonds. The lowest BCUT2D eigenvalue weighted by Crippen LogP contribution is -2.15. The highest BCUT2D eigenvalue weighted by Crippen LogP contribution is 2.37. The highest BCUT2D eigenvalue weighted by atomic mass is 19.4. The fourth-order valence-electron chi connectivity index (χ4n) is 2.95. The molecule has 1 aromatic heterocycles. The van der Waals surface area contributed by atoms with Gasteiger partial charge in [-0.1, -0.05) is 31.0 Å². The molecule has 0 radical (unpaired) electrons. The van der Waals surface area contributed by atoms with Crippen molar-refractivity contribution in [2.75, 3.05) is 0 Å². The Labute approximate surface area is 171 Å². The molecule has 172 valence electrons. The number of unbranched alkanes of at least 4 members (excludes halogenated alkanes) is 2. The maximum absolute atomic E-state index is 13.5. The smallest absolute Gasteiger partial charge is 0.388 e. The Kier molecular flexibility index (Phi) is 7.61. The molecule has 0 aliphatic heterocycles. The zero-order valence-corrected chi connectivity index (χ0v) is 15.9. The number of aromatic nitrogens is 1. The normalized spacial score (nSPS) is 14.0. The molecule has 0 saturated carbocycles. The van der Waals surface area contributed by atoms with Crippen molar-refractivity contribution in [2.45, 2.75) is 56.7 Å². The quantitative estimate of drug-likeness (QED) is 0.347. The van der Waals surface area contributed by atoms with Crippen LogP contribution in [0, 0.1) is 0 Å². The molecule has 0 spiro atoms. The Bertz CT molecular complexity index is 855. The van der Waals surface area contributed by atoms with Crippen LogP contribution in [0.25, 0.3) is 11.3 Å². The van der Waals surface area contributed by atoms with Crippen molar-refractivity contribution in [2.24, 2.45) is 0 Å². The molecule has 0 unspecified atom stereocenters. The Hall–Kier alpha value is -2.30. The lowest BCUT2D eigenvalue weighted by Gasteiger charge is -2.18. The third-order valence-electron chi connectivity index (χ3n) is 4.50. The average molecular weight is 459 g/mol. The van der Waals surface area contributed by atoms with E-state index < -0.39 is 47.9 Å². The first-order valence-electron chi connectivity index (χ1n) is 9.19. The van der Waals surface area contributed by atoms with Gasteiger partial charge in [-0.15, -0.1) is 0 Å². The van der Waals surface area contributed by atoms with Crippen molar-refractivity contribution in [1.82, 2.24) is 4.98 Å². The third-order valence-corrected chi connectivity index (χ3v) is 4.50. The molecule has 2 aromatic rings. The van der Waals surface area contributed by atoms with Crippen LogP contribution >= 0.6 is 0 Å². The van der Waals surface area contributed by atoms with Crippen molar-refractivity contribution in [1.29, 1.82) is 0 Å². The van der Waals surface area contributed by atoms with Crippen LogP contribution in [0.2, 0.25) is 0 Å². The van der Waals surface area contributed by atoms with Gasteiger partial charge < -0.3 is 5.11 Å². The second-order valence-electron chi connectivity index (χ2n) is 6.94. The van der Waals surface area contributed by atoms with Crippen LogP contribution in [0.5, 0.6) is 0 Å². The van der Waals surface area contributed by atoms with Gasteiger partial charge in [-0.3, -0.25) is 0 Å². The zero-order chi connectivity index (χ0) is 23.4. The van der Waals surface area contributed by atoms with Crippen LogP contribution in [-0.4, -0.2) is 16.3 Å². The van der Waals surface area contributed by atoms with E-state index in [0.717, 1.165) is 24.3 Å². The van der Waals surface area contributed by atoms with E-state index in [4.69, 9.17) is 0 Å². The van der Waals surface area contributed by atoms with Gasteiger partial charge in [-0.25, -0.2) is 4.98 Å². The minimum Gasteiger partial charge on any atom is -0.388 e. The van der Waals surface area contributed by atoms with Gasteiger partial charge in [0.1, 0.15) is 0 Å². The largest absolute Gasteiger partial charge is 0.433 e. The highest BCUT2D eigenvalue weighted by molar-refractivity contribution is 5.60. The van der Waals surface area contributed by atoms with Crippen molar-refractivity contribution in [3.05, 3.63) is 53.2 Å². The predicted molar refractivity (Wildman–Crippen MR) is 93.8 cm³/mol. The number of halogens is 9. The zero-order valence-electron chi connectivity index (χ0n) is 15.9. The molecular formula is C20H18F9NO. The second kappa shape index (κ2) is 9.46. The topological polar surface area (TPSA) is 33.1 Å². The van der Waals surface area contributed by atoms with Gasteiger partial charge in [0.2, 0.25) is 0 Å². The molecule has 1 aromatic carbocycles. The van der Waals surface area contributed by atoms with Crippen LogP contribution in [0.4, 0.5) is 39.5 Å². The van der Waals surface area contributed by atoms with Crippen LogP contribution in [0.3, 0.4) is 0 Å². The number of rotatable bonds is 7. The van der Waals surface area contributed by atoms with Crippen molar-refractivity contribution in [3.63, 3.8) is 0 Å². The molecule has 31 heavy (non-hydrogen) atoms. The van der Waals surface area contributed by atoms with Gasteiger partial charge in [0.25, 0.3) is 0 Å². The number of benzene rings is 1. The maximum atomic E-state index is 13.5. The summed E-state index contributed by atoms with van der Waals surface area (Å²) in [7, 11) is 0. The number of pyridine rings is 1. The summed E-state index contributed by atoms with van der Waals surface area (Å²) in [4.78, 5) is 3.49. The Morgan fingerprint density at radius 1 is 0.742 bits per heavy atom. The molecule has 1 N–H and O–H groups in total. The Balaban J connectivity index is 2.18. The number of nitrogens with zero attached hydrogens (tertiary/aromatic N) is 1. The Morgan fingerprint density at radius 3 is 1.87 bits per heavy atom. The van der Waals surface area contributed by atoms with Crippen LogP contribution in [-0.2, 0) is 12.4 Å². The first-order chi connectivity index (χ1) is 14.2. The minimum absolute atomic E-state index is 0.0201. The van der Waals surface area contributed by atoms with Gasteiger partial charge in [0.15, 0.2) is 5.69 Å². The molecular weight excluding hydrogens is 441 g/mol. The van der Waals surface area contributed by atoms with Crippen molar-refractivity contribution in [3.8, 4) is 11.3 Å². The fraction of sp³-hybridized carbons (Fsp3) is 0.450. The van der Waals surface area contributed by atoms with E-state index in [1.165, 1.54) is 0 Å². The average Bonchev–Trinajstić information content (AvgIpc) is 2.65. The van der Waals surface area contributed by atoms with Crippen molar-refractivity contribution < 1.29 is 44.6 Å². The molecule has 2 nitrogen and oxygen atoms in total. The van der Waals surface area contributed by atoms with Gasteiger partial charge in [0.05, 0.1) is 17.4 Å². The van der Waals surface area contributed by atoms with E-state index >= 15 is 0 Å². The molecule has 2 rings (SSSR count). The molecule has 0 saturated heterocycles. The van der Waals surface area contributed by atoms with Gasteiger partial charge in [-0.2, -0.15) is 39.5 Å². The number of aliphatic hydroxyl groups is 1. The van der Waals surface area contributed by atoms with Crippen LogP contribution in [0.1, 0.15) is 55.0 Å². The van der Waals surface area contributed by atoms with Gasteiger partial charge in [0, 0.05) is 17.5 Å². The third kappa shape index (κ3) is 7.41. The first kappa shape index (κ1) is 25.0. The SMILES string of the molecule is O[C@H](CCCCCC(F)(F)F)c1ccc(-c2ccc(C(F)(F)F)cc2)nc1C(F)(F)F. The number of hydrogen-bond acceptors (Lipinski definition) is 2. The molecule has 11 heteroatoms. The monoisotopic (exact) mass is 459 g/mol. The fourth-order valence-corrected chi connectivity index (χ4v) is 2.95. The minimum atomic E-state index is -4.95. The molecule has 0 fully saturated rings. The standard InChI is InChI=1S/C20H18F9NO/c21-18(22,23)11-3-1-2-4-16(31)14-9-10-15(30-17(14)20(27,28)29)12-5-7-13(8-6-12)19(24,25)26/h5-10,16,31H,1-4,11H2/t16-/m1/s1. The number of aliphatic hydroxyl groups excluding tert-OH is 1. The summed E-state index contributed by atoms with van der Waals surface area (Å²) in [6.07, 6.45) is -16.7. The van der Waals surface area contributed by atoms with Gasteiger partial charge in [-0.05, 0) is 31.0 Å². The molecule has 1 heterocycles. The molecule has 0 aliphatic carbocycles. The predicted octanol–water partition coefficient (Wildman–Crippen LogP) is 7.33. The summed E-state index contributed by atoms with van der Waals surface area (Å²) in [6, 6.07) is 5.52. The summed E-state index contributed by atoms with van der Waals surface area (Å²) >= 11 is 0. The summed E-state index contributed by atoms with van der Waals surface area (Å²) < 4.78 is 115. The van der Waals surface area contributed by atoms with E-state index in [2.05, 4.69) is 4.98 Å². The Morgan fingerprint density at radius 2 is 1.35 bits per heavy atom. The summed E-state index contributed by atoms with van der Waals surface area (Å²) in [5, 5.41) is 10.1. The van der Waals surface area contributed by atoms with Crippen LogP contribution < -0.4 is 0 Å². The van der Waals surface area contributed by atoms with E-state index in [-0.39, 0.29) is 36.9 Å². The van der Waals surface area contributed by atoms with E-state index in [9.17, 15) is 44.6 Å². The summed E-state index contributed by atoms with van der Waals surface area (Å²) in [5.74, 6) is 0. The number of alkyl halides is 9. The summed E-state index contributed by atoms with van der Waals surface area (Å²) in [5.41, 5.74) is -3.12. The lowest BCUT2D eigenvalue weighted by molar-refractivity contribution is -0.143. The van der Waals surface area contributed by atoms with Crippen LogP contribution in [0.15, 0.2) is 36.4 Å². The maximum Gasteiger partial charge on any atom is 0.433 e. The highest BCUT2D eigenvalue weighted by Gasteiger charge is 2.37. The summed E-state index contributed by atoms with van der Waals surface area (Å²) in [6.45, 7) is 0. The van der Waals surface area contributed by atoms with E-state index in [0.29, 0.717) is 12.1 Å². The molecule has 1 atom stereocenters. The van der Waals surface area contributed by atoms with E-state index in [1.54, 1.807) is 0 Å². The first-order valence-corrected chi connectivity index (χ1v) is 9.19. The molecule has 0 aliphatic rings. The van der Waals surface area contributed by atoms with E-state index in [1.807, 2.05) is 0 Å². The number of hydrogen-bond donors (Lipinski definition) is 1. The lowest BCUT2D eigenvalue weighted by atomic mass is 9.99. The van der Waals surface area contributed by atoms with Gasteiger partial charge >= 0.3 is 18.5 Å². The molecule has 0 bridgehead atoms. The second-order valence-corrected chi connectivity index (χ2v) is 6.94.